The Hall–Kier alpha value is -3.77. The molecule has 4 aromatic rings. The number of carbonyl (C=O) groups is 1. The fourth-order valence-corrected chi connectivity index (χ4v) is 3.14. The number of anilines is 1. The lowest BCUT2D eigenvalue weighted by molar-refractivity contribution is 0.102. The summed E-state index contributed by atoms with van der Waals surface area (Å²) >= 11 is 5.95. The van der Waals surface area contributed by atoms with Crippen molar-refractivity contribution in [2.45, 2.75) is 0 Å². The summed E-state index contributed by atoms with van der Waals surface area (Å²) in [6, 6.07) is 16.8. The number of hydrogen-bond acceptors (Lipinski definition) is 4. The Labute approximate surface area is 178 Å². The van der Waals surface area contributed by atoms with Gasteiger partial charge in [-0.05, 0) is 48.5 Å². The summed E-state index contributed by atoms with van der Waals surface area (Å²) in [6.45, 7) is 0. The van der Waals surface area contributed by atoms with Crippen molar-refractivity contribution in [3.8, 4) is 28.5 Å². The number of aromatic nitrogens is 2. The third kappa shape index (κ3) is 4.45. The Balaban J connectivity index is 1.55. The predicted octanol–water partition coefficient (Wildman–Crippen LogP) is 5.49. The molecule has 30 heavy (non-hydrogen) atoms. The van der Waals surface area contributed by atoms with Crippen molar-refractivity contribution in [3.05, 3.63) is 89.8 Å². The third-order valence-corrected chi connectivity index (χ3v) is 4.63. The maximum absolute atomic E-state index is 12.6. The van der Waals surface area contributed by atoms with E-state index >= 15 is 0 Å². The average molecular weight is 420 g/mol. The Morgan fingerprint density at radius 1 is 1.10 bits per heavy atom. The quantitative estimate of drug-likeness (QED) is 0.448. The number of phenols is 1. The van der Waals surface area contributed by atoms with Crippen LogP contribution in [0.4, 0.5) is 5.69 Å². The average Bonchev–Trinajstić information content (AvgIpc) is 3.16. The zero-order valence-electron chi connectivity index (χ0n) is 16.0. The molecule has 4 rings (SSSR count). The fourth-order valence-electron chi connectivity index (χ4n) is 2.95. The molecular formula is C23H18ClN3O3. The van der Waals surface area contributed by atoms with Crippen LogP contribution in [0.2, 0.25) is 5.02 Å². The summed E-state index contributed by atoms with van der Waals surface area (Å²) in [5.74, 6) is 0.353. The van der Waals surface area contributed by atoms with Gasteiger partial charge in [0, 0.05) is 48.0 Å². The highest BCUT2D eigenvalue weighted by atomic mass is 35.5. The minimum Gasteiger partial charge on any atom is -0.507 e. The summed E-state index contributed by atoms with van der Waals surface area (Å²) < 4.78 is 7.84. The second kappa shape index (κ2) is 8.31. The number of benzene rings is 2. The molecule has 0 atom stereocenters. The van der Waals surface area contributed by atoms with Crippen LogP contribution < -0.4 is 10.1 Å². The van der Waals surface area contributed by atoms with E-state index in [1.54, 1.807) is 42.6 Å². The van der Waals surface area contributed by atoms with Gasteiger partial charge in [-0.3, -0.25) is 9.78 Å². The topological polar surface area (TPSA) is 76.4 Å². The molecular weight excluding hydrogens is 402 g/mol. The summed E-state index contributed by atoms with van der Waals surface area (Å²) in [7, 11) is 1.94. The Bertz CT molecular complexity index is 1220. The van der Waals surface area contributed by atoms with Gasteiger partial charge in [0.05, 0.1) is 11.3 Å². The SMILES string of the molecule is Cn1ccc(-c2cc(Oc3ccc(O)c(C(=O)Nc4cccc(Cl)c4)c3)ccn2)c1. The Morgan fingerprint density at radius 2 is 1.93 bits per heavy atom. The second-order valence-corrected chi connectivity index (χ2v) is 7.12. The van der Waals surface area contributed by atoms with E-state index in [9.17, 15) is 9.90 Å². The van der Waals surface area contributed by atoms with E-state index in [-0.39, 0.29) is 11.3 Å². The second-order valence-electron chi connectivity index (χ2n) is 6.69. The molecule has 6 nitrogen and oxygen atoms in total. The molecule has 2 heterocycles. The van der Waals surface area contributed by atoms with E-state index < -0.39 is 5.91 Å². The third-order valence-electron chi connectivity index (χ3n) is 4.39. The molecule has 150 valence electrons. The molecule has 2 aromatic carbocycles. The molecule has 0 saturated carbocycles. The number of ether oxygens (including phenoxy) is 1. The largest absolute Gasteiger partial charge is 0.507 e. The molecule has 2 N–H and O–H groups in total. The van der Waals surface area contributed by atoms with Crippen molar-refractivity contribution in [3.63, 3.8) is 0 Å². The molecule has 0 unspecified atom stereocenters. The first-order chi connectivity index (χ1) is 14.5. The summed E-state index contributed by atoms with van der Waals surface area (Å²) in [4.78, 5) is 17.0. The van der Waals surface area contributed by atoms with Gasteiger partial charge in [-0.1, -0.05) is 17.7 Å². The number of hydrogen-bond donors (Lipinski definition) is 2. The van der Waals surface area contributed by atoms with Crippen LogP contribution in [0.1, 0.15) is 10.4 Å². The van der Waals surface area contributed by atoms with Crippen LogP contribution >= 0.6 is 11.6 Å². The van der Waals surface area contributed by atoms with Gasteiger partial charge < -0.3 is 19.7 Å². The number of aromatic hydroxyl groups is 1. The highest BCUT2D eigenvalue weighted by Gasteiger charge is 2.14. The van der Waals surface area contributed by atoms with Gasteiger partial charge in [0.1, 0.15) is 17.2 Å². The van der Waals surface area contributed by atoms with E-state index in [2.05, 4.69) is 10.3 Å². The van der Waals surface area contributed by atoms with E-state index in [0.29, 0.717) is 22.2 Å². The minimum absolute atomic E-state index is 0.0878. The van der Waals surface area contributed by atoms with Gasteiger partial charge in [-0.25, -0.2) is 0 Å². The molecule has 0 spiro atoms. The van der Waals surface area contributed by atoms with Gasteiger partial charge >= 0.3 is 0 Å². The van der Waals surface area contributed by atoms with Crippen LogP contribution in [0.15, 0.2) is 79.3 Å². The zero-order chi connectivity index (χ0) is 21.1. The summed E-state index contributed by atoms with van der Waals surface area (Å²) in [6.07, 6.45) is 5.56. The van der Waals surface area contributed by atoms with Crippen LogP contribution in [0.25, 0.3) is 11.3 Å². The van der Waals surface area contributed by atoms with Crippen LogP contribution in [-0.4, -0.2) is 20.6 Å². The first kappa shape index (κ1) is 19.5. The molecule has 0 aliphatic heterocycles. The predicted molar refractivity (Wildman–Crippen MR) is 116 cm³/mol. The van der Waals surface area contributed by atoms with Crippen LogP contribution in [0.5, 0.6) is 17.2 Å². The highest BCUT2D eigenvalue weighted by molar-refractivity contribution is 6.31. The molecule has 0 aliphatic rings. The number of amides is 1. The van der Waals surface area contributed by atoms with Gasteiger partial charge in [-0.15, -0.1) is 0 Å². The van der Waals surface area contributed by atoms with Crippen LogP contribution in [-0.2, 0) is 7.05 Å². The monoisotopic (exact) mass is 419 g/mol. The number of nitrogens with zero attached hydrogens (tertiary/aromatic N) is 2. The lowest BCUT2D eigenvalue weighted by Gasteiger charge is -2.11. The molecule has 2 aromatic heterocycles. The number of aryl methyl sites for hydroxylation is 1. The van der Waals surface area contributed by atoms with E-state index in [0.717, 1.165) is 11.3 Å². The van der Waals surface area contributed by atoms with Gasteiger partial charge in [0.15, 0.2) is 0 Å². The van der Waals surface area contributed by atoms with Crippen molar-refractivity contribution < 1.29 is 14.6 Å². The molecule has 0 radical (unpaired) electrons. The molecule has 0 fully saturated rings. The molecule has 0 aliphatic carbocycles. The normalized spacial score (nSPS) is 10.6. The molecule has 7 heteroatoms. The molecule has 0 bridgehead atoms. The molecule has 0 saturated heterocycles. The van der Waals surface area contributed by atoms with Gasteiger partial charge in [0.25, 0.3) is 5.91 Å². The highest BCUT2D eigenvalue weighted by Crippen LogP contribution is 2.29. The summed E-state index contributed by atoms with van der Waals surface area (Å²) in [5.41, 5.74) is 2.35. The van der Waals surface area contributed by atoms with Gasteiger partial charge in [-0.2, -0.15) is 0 Å². The van der Waals surface area contributed by atoms with E-state index in [4.69, 9.17) is 16.3 Å². The van der Waals surface area contributed by atoms with E-state index in [1.165, 1.54) is 12.1 Å². The number of phenolic OH excluding ortho intramolecular Hbond substituents is 1. The first-order valence-electron chi connectivity index (χ1n) is 9.14. The maximum atomic E-state index is 12.6. The maximum Gasteiger partial charge on any atom is 0.259 e. The lowest BCUT2D eigenvalue weighted by atomic mass is 10.1. The number of carbonyl (C=O) groups excluding carboxylic acids is 1. The van der Waals surface area contributed by atoms with Gasteiger partial charge in [0.2, 0.25) is 0 Å². The van der Waals surface area contributed by atoms with Crippen molar-refractivity contribution in [1.82, 2.24) is 9.55 Å². The standard InChI is InChI=1S/C23H18ClN3O3/c1-27-10-8-15(14-27)21-13-19(7-9-25-21)30-18-5-6-22(28)20(12-18)23(29)26-17-4-2-3-16(24)11-17/h2-14,28H,1H3,(H,26,29). The number of nitrogens with one attached hydrogen (secondary N) is 1. The fraction of sp³-hybridized carbons (Fsp3) is 0.0435. The molecule has 1 amide bonds. The first-order valence-corrected chi connectivity index (χ1v) is 9.52. The zero-order valence-corrected chi connectivity index (χ0v) is 16.8. The van der Waals surface area contributed by atoms with E-state index in [1.807, 2.05) is 36.1 Å². The van der Waals surface area contributed by atoms with Crippen LogP contribution in [0.3, 0.4) is 0 Å². The number of rotatable bonds is 5. The Kier molecular flexibility index (Phi) is 5.41. The van der Waals surface area contributed by atoms with Crippen molar-refractivity contribution in [2.75, 3.05) is 5.32 Å². The van der Waals surface area contributed by atoms with Crippen LogP contribution in [0, 0.1) is 0 Å². The van der Waals surface area contributed by atoms with Crippen molar-refractivity contribution in [1.29, 1.82) is 0 Å². The Morgan fingerprint density at radius 3 is 2.70 bits per heavy atom. The summed E-state index contributed by atoms with van der Waals surface area (Å²) in [5, 5.41) is 13.4. The smallest absolute Gasteiger partial charge is 0.259 e. The van der Waals surface area contributed by atoms with Crippen molar-refractivity contribution >= 4 is 23.2 Å². The number of pyridine rings is 1. The minimum atomic E-state index is -0.472. The number of halogens is 1. The van der Waals surface area contributed by atoms with Crippen molar-refractivity contribution in [2.24, 2.45) is 7.05 Å². The lowest BCUT2D eigenvalue weighted by Crippen LogP contribution is -2.12.